The molecule has 0 saturated heterocycles. The van der Waals surface area contributed by atoms with Crippen molar-refractivity contribution in [1.82, 2.24) is 9.97 Å². The molecule has 0 atom stereocenters. The molecular weight excluding hydrogens is 240 g/mol. The maximum absolute atomic E-state index is 5.34. The van der Waals surface area contributed by atoms with Gasteiger partial charge >= 0.3 is 0 Å². The van der Waals surface area contributed by atoms with Crippen LogP contribution >= 0.6 is 12.2 Å². The van der Waals surface area contributed by atoms with Crippen LogP contribution in [0, 0.1) is 18.5 Å². The number of rotatable bonds is 3. The number of nitrogens with zero attached hydrogens (tertiary/aromatic N) is 1. The van der Waals surface area contributed by atoms with Crippen molar-refractivity contribution in [2.45, 2.75) is 33.6 Å². The van der Waals surface area contributed by atoms with Crippen LogP contribution in [0.15, 0.2) is 24.3 Å². The molecule has 2 nitrogen and oxygen atoms in total. The molecule has 18 heavy (non-hydrogen) atoms. The molecule has 94 valence electrons. The molecule has 2 aromatic rings. The number of aryl methyl sites for hydroxylation is 2. The second-order valence-corrected chi connectivity index (χ2v) is 4.99. The average molecular weight is 258 g/mol. The van der Waals surface area contributed by atoms with E-state index >= 15 is 0 Å². The zero-order valence-electron chi connectivity index (χ0n) is 11.1. The molecule has 2 rings (SSSR count). The van der Waals surface area contributed by atoms with E-state index in [4.69, 9.17) is 12.2 Å². The fourth-order valence-electron chi connectivity index (χ4n) is 1.94. The van der Waals surface area contributed by atoms with Crippen molar-refractivity contribution in [2.75, 3.05) is 0 Å². The molecule has 0 saturated carbocycles. The Morgan fingerprint density at radius 1 is 1.17 bits per heavy atom. The van der Waals surface area contributed by atoms with E-state index in [1.54, 1.807) is 0 Å². The zero-order valence-corrected chi connectivity index (χ0v) is 11.9. The van der Waals surface area contributed by atoms with Crippen molar-refractivity contribution in [3.8, 4) is 11.3 Å². The van der Waals surface area contributed by atoms with E-state index in [2.05, 4.69) is 48.1 Å². The van der Waals surface area contributed by atoms with Crippen molar-refractivity contribution in [1.29, 1.82) is 0 Å². The number of aromatic amines is 1. The van der Waals surface area contributed by atoms with Crippen LogP contribution in [0.25, 0.3) is 11.3 Å². The predicted molar refractivity (Wildman–Crippen MR) is 78.3 cm³/mol. The van der Waals surface area contributed by atoms with Gasteiger partial charge in [0, 0.05) is 12.0 Å². The lowest BCUT2D eigenvalue weighted by atomic mass is 10.1. The van der Waals surface area contributed by atoms with Crippen LogP contribution in [-0.4, -0.2) is 9.97 Å². The van der Waals surface area contributed by atoms with Gasteiger partial charge in [-0.05, 0) is 25.8 Å². The fourth-order valence-corrected chi connectivity index (χ4v) is 2.16. The zero-order chi connectivity index (χ0) is 13.1. The van der Waals surface area contributed by atoms with Gasteiger partial charge in [0.1, 0.15) is 10.5 Å². The summed E-state index contributed by atoms with van der Waals surface area (Å²) in [6.45, 7) is 6.26. The molecule has 3 heteroatoms. The van der Waals surface area contributed by atoms with Crippen molar-refractivity contribution >= 4 is 12.2 Å². The quantitative estimate of drug-likeness (QED) is 0.828. The van der Waals surface area contributed by atoms with Gasteiger partial charge in [0.25, 0.3) is 0 Å². The molecule has 0 bridgehead atoms. The summed E-state index contributed by atoms with van der Waals surface area (Å²) in [6, 6.07) is 8.48. The Kier molecular flexibility index (Phi) is 3.92. The third-order valence-electron chi connectivity index (χ3n) is 3.03. The van der Waals surface area contributed by atoms with Gasteiger partial charge in [0.05, 0.1) is 5.69 Å². The molecule has 0 spiro atoms. The van der Waals surface area contributed by atoms with Crippen LogP contribution in [0.1, 0.15) is 30.3 Å². The smallest absolute Gasteiger partial charge is 0.133 e. The summed E-state index contributed by atoms with van der Waals surface area (Å²) in [5.41, 5.74) is 4.58. The van der Waals surface area contributed by atoms with Crippen molar-refractivity contribution in [3.63, 3.8) is 0 Å². The van der Waals surface area contributed by atoms with Gasteiger partial charge in [-0.2, -0.15) is 0 Å². The Balaban J connectivity index is 2.55. The van der Waals surface area contributed by atoms with Crippen LogP contribution in [0.3, 0.4) is 0 Å². The van der Waals surface area contributed by atoms with Crippen LogP contribution in [0.4, 0.5) is 0 Å². The normalized spacial score (nSPS) is 10.6. The third kappa shape index (κ3) is 2.67. The van der Waals surface area contributed by atoms with Crippen molar-refractivity contribution in [3.05, 3.63) is 45.9 Å². The minimum atomic E-state index is 0.702. The topological polar surface area (TPSA) is 28.7 Å². The van der Waals surface area contributed by atoms with E-state index in [0.717, 1.165) is 29.9 Å². The second kappa shape index (κ2) is 5.44. The minimum Gasteiger partial charge on any atom is -0.343 e. The highest BCUT2D eigenvalue weighted by atomic mass is 32.1. The highest BCUT2D eigenvalue weighted by Crippen LogP contribution is 2.22. The van der Waals surface area contributed by atoms with E-state index < -0.39 is 0 Å². The molecule has 1 N–H and O–H groups in total. The van der Waals surface area contributed by atoms with E-state index in [1.165, 1.54) is 11.1 Å². The third-order valence-corrected chi connectivity index (χ3v) is 3.43. The fraction of sp³-hybridized carbons (Fsp3) is 0.333. The van der Waals surface area contributed by atoms with E-state index in [-0.39, 0.29) is 0 Å². The molecule has 0 fully saturated rings. The average Bonchev–Trinajstić information content (AvgIpc) is 2.35. The maximum Gasteiger partial charge on any atom is 0.133 e. The summed E-state index contributed by atoms with van der Waals surface area (Å²) in [6.07, 6.45) is 2.00. The largest absolute Gasteiger partial charge is 0.343 e. The van der Waals surface area contributed by atoms with Crippen LogP contribution in [0.5, 0.6) is 0 Å². The van der Waals surface area contributed by atoms with Crippen LogP contribution in [0.2, 0.25) is 0 Å². The van der Waals surface area contributed by atoms with Crippen LogP contribution in [-0.2, 0) is 6.42 Å². The lowest BCUT2D eigenvalue weighted by Gasteiger charge is -2.09. The molecule has 0 unspecified atom stereocenters. The van der Waals surface area contributed by atoms with Gasteiger partial charge in [-0.15, -0.1) is 0 Å². The number of H-pyrrole nitrogens is 1. The molecule has 1 aromatic carbocycles. The SMILES string of the molecule is CCCc1nc(=S)c(C)c(-c2ccc(C)cc2)[nH]1. The maximum atomic E-state index is 5.34. The molecule has 1 heterocycles. The summed E-state index contributed by atoms with van der Waals surface area (Å²) in [5, 5.41) is 0. The molecule has 0 radical (unpaired) electrons. The highest BCUT2D eigenvalue weighted by molar-refractivity contribution is 7.71. The first-order valence-electron chi connectivity index (χ1n) is 6.28. The monoisotopic (exact) mass is 258 g/mol. The van der Waals surface area contributed by atoms with E-state index in [9.17, 15) is 0 Å². The molecular formula is C15H18N2S. The lowest BCUT2D eigenvalue weighted by molar-refractivity contribution is 0.829. The summed E-state index contributed by atoms with van der Waals surface area (Å²) in [4.78, 5) is 7.84. The number of benzene rings is 1. The number of hydrogen-bond acceptors (Lipinski definition) is 2. The molecule has 0 aliphatic rings. The van der Waals surface area contributed by atoms with Gasteiger partial charge < -0.3 is 4.98 Å². The summed E-state index contributed by atoms with van der Waals surface area (Å²) >= 11 is 5.34. The van der Waals surface area contributed by atoms with E-state index in [0.29, 0.717) is 4.64 Å². The Morgan fingerprint density at radius 2 is 1.83 bits per heavy atom. The molecule has 0 aliphatic heterocycles. The Labute approximate surface area is 113 Å². The number of nitrogens with one attached hydrogen (secondary N) is 1. The second-order valence-electron chi connectivity index (χ2n) is 4.60. The molecule has 0 aliphatic carbocycles. The standard InChI is InChI=1S/C15H18N2S/c1-4-5-13-16-14(11(3)15(18)17-13)12-8-6-10(2)7-9-12/h6-9H,4-5H2,1-3H3,(H,16,17,18). The summed E-state index contributed by atoms with van der Waals surface area (Å²) in [5.74, 6) is 0.976. The molecule has 1 aromatic heterocycles. The minimum absolute atomic E-state index is 0.702. The van der Waals surface area contributed by atoms with Gasteiger partial charge in [0.2, 0.25) is 0 Å². The van der Waals surface area contributed by atoms with Crippen molar-refractivity contribution < 1.29 is 0 Å². The van der Waals surface area contributed by atoms with E-state index in [1.807, 2.05) is 6.92 Å². The lowest BCUT2D eigenvalue weighted by Crippen LogP contribution is -2.00. The Hall–Kier alpha value is -1.48. The Bertz CT molecular complexity index is 597. The van der Waals surface area contributed by atoms with Gasteiger partial charge in [0.15, 0.2) is 0 Å². The predicted octanol–water partition coefficient (Wildman–Crippen LogP) is 4.38. The van der Waals surface area contributed by atoms with Gasteiger partial charge in [-0.25, -0.2) is 4.98 Å². The first kappa shape index (κ1) is 13.0. The first-order valence-corrected chi connectivity index (χ1v) is 6.69. The number of aromatic nitrogens is 2. The summed E-state index contributed by atoms with van der Waals surface area (Å²) < 4.78 is 0.702. The Morgan fingerprint density at radius 3 is 2.44 bits per heavy atom. The first-order chi connectivity index (χ1) is 8.61. The van der Waals surface area contributed by atoms with Crippen LogP contribution < -0.4 is 0 Å². The number of hydrogen-bond donors (Lipinski definition) is 1. The van der Waals surface area contributed by atoms with Crippen molar-refractivity contribution in [2.24, 2.45) is 0 Å². The highest BCUT2D eigenvalue weighted by Gasteiger charge is 2.06. The summed E-state index contributed by atoms with van der Waals surface area (Å²) in [7, 11) is 0. The van der Waals surface area contributed by atoms with Gasteiger partial charge in [-0.1, -0.05) is 49.0 Å². The van der Waals surface area contributed by atoms with Gasteiger partial charge in [-0.3, -0.25) is 0 Å². The molecule has 0 amide bonds.